The predicted octanol–water partition coefficient (Wildman–Crippen LogP) is 2.53. The zero-order valence-corrected chi connectivity index (χ0v) is 9.11. The van der Waals surface area contributed by atoms with Crippen LogP contribution in [-0.2, 0) is 0 Å². The first-order chi connectivity index (χ1) is 6.36. The van der Waals surface area contributed by atoms with E-state index in [9.17, 15) is 0 Å². The molecule has 0 bridgehead atoms. The van der Waals surface area contributed by atoms with Gasteiger partial charge in [-0.05, 0) is 31.4 Å². The minimum atomic E-state index is 0.881. The molecule has 2 rings (SSSR count). The fraction of sp³-hybridized carbons (Fsp3) is 0.818. The van der Waals surface area contributed by atoms with Crippen molar-refractivity contribution in [3.8, 4) is 0 Å². The third-order valence-electron chi connectivity index (χ3n) is 3.16. The van der Waals surface area contributed by atoms with E-state index in [1.807, 2.05) is 0 Å². The van der Waals surface area contributed by atoms with Crippen LogP contribution in [0.4, 0.5) is 0 Å². The van der Waals surface area contributed by atoms with Crippen molar-refractivity contribution >= 4 is 11.8 Å². The van der Waals surface area contributed by atoms with E-state index in [0.29, 0.717) is 0 Å². The normalized spacial score (nSPS) is 32.0. The van der Waals surface area contributed by atoms with Gasteiger partial charge in [-0.15, -0.1) is 0 Å². The van der Waals surface area contributed by atoms with Gasteiger partial charge in [0, 0.05) is 24.9 Å². The number of likely N-dealkylation sites (tertiary alicyclic amines) is 1. The maximum Gasteiger partial charge on any atom is 0.0186 e. The summed E-state index contributed by atoms with van der Waals surface area (Å²) in [6, 6.07) is 0.881. The van der Waals surface area contributed by atoms with Crippen molar-refractivity contribution in [2.75, 3.05) is 24.6 Å². The molecule has 2 saturated heterocycles. The zero-order chi connectivity index (χ0) is 9.10. The fourth-order valence-electron chi connectivity index (χ4n) is 2.22. The van der Waals surface area contributed by atoms with Gasteiger partial charge in [-0.3, -0.25) is 4.90 Å². The van der Waals surface area contributed by atoms with E-state index in [2.05, 4.69) is 23.2 Å². The van der Waals surface area contributed by atoms with Crippen molar-refractivity contribution < 1.29 is 0 Å². The van der Waals surface area contributed by atoms with Crippen LogP contribution in [0.3, 0.4) is 0 Å². The van der Waals surface area contributed by atoms with Gasteiger partial charge in [-0.1, -0.05) is 12.2 Å². The molecule has 0 N–H and O–H groups in total. The van der Waals surface area contributed by atoms with Crippen LogP contribution in [-0.4, -0.2) is 35.5 Å². The Balaban J connectivity index is 1.82. The van der Waals surface area contributed by atoms with Crippen LogP contribution < -0.4 is 0 Å². The van der Waals surface area contributed by atoms with Crippen molar-refractivity contribution in [2.45, 2.75) is 31.7 Å². The minimum Gasteiger partial charge on any atom is -0.299 e. The summed E-state index contributed by atoms with van der Waals surface area (Å²) in [5, 5.41) is 0. The topological polar surface area (TPSA) is 3.24 Å². The van der Waals surface area contributed by atoms with Crippen molar-refractivity contribution in [2.24, 2.45) is 0 Å². The first-order valence-corrected chi connectivity index (χ1v) is 6.50. The third-order valence-corrected chi connectivity index (χ3v) is 4.36. The second-order valence-corrected chi connectivity index (χ2v) is 5.31. The van der Waals surface area contributed by atoms with Gasteiger partial charge in [0.15, 0.2) is 0 Å². The highest BCUT2D eigenvalue weighted by Crippen LogP contribution is 2.25. The van der Waals surface area contributed by atoms with Crippen LogP contribution in [0, 0.1) is 0 Å². The van der Waals surface area contributed by atoms with Crippen molar-refractivity contribution in [3.63, 3.8) is 0 Å². The van der Waals surface area contributed by atoms with Gasteiger partial charge in [0.05, 0.1) is 0 Å². The largest absolute Gasteiger partial charge is 0.299 e. The highest BCUT2D eigenvalue weighted by molar-refractivity contribution is 7.99. The molecule has 0 aromatic carbocycles. The first kappa shape index (κ1) is 9.60. The highest BCUT2D eigenvalue weighted by atomic mass is 32.2. The number of piperidine rings is 1. The molecule has 2 aliphatic heterocycles. The van der Waals surface area contributed by atoms with E-state index < -0.39 is 0 Å². The zero-order valence-electron chi connectivity index (χ0n) is 8.30. The lowest BCUT2D eigenvalue weighted by atomic mass is 10.0. The molecule has 1 atom stereocenters. The molecule has 2 heterocycles. The van der Waals surface area contributed by atoms with Crippen LogP contribution in [0.1, 0.15) is 25.7 Å². The van der Waals surface area contributed by atoms with E-state index >= 15 is 0 Å². The molecule has 0 aromatic rings. The molecule has 0 aliphatic carbocycles. The molecule has 0 amide bonds. The summed E-state index contributed by atoms with van der Waals surface area (Å²) in [7, 11) is 0. The second-order valence-electron chi connectivity index (χ2n) is 4.16. The van der Waals surface area contributed by atoms with Gasteiger partial charge in [0.25, 0.3) is 0 Å². The van der Waals surface area contributed by atoms with Gasteiger partial charge in [-0.2, -0.15) is 11.8 Å². The number of hydrogen-bond donors (Lipinski definition) is 0. The average Bonchev–Trinajstić information content (AvgIpc) is 2.20. The van der Waals surface area contributed by atoms with Crippen molar-refractivity contribution in [1.82, 2.24) is 4.90 Å². The van der Waals surface area contributed by atoms with Gasteiger partial charge in [0.2, 0.25) is 0 Å². The monoisotopic (exact) mass is 197 g/mol. The summed E-state index contributed by atoms with van der Waals surface area (Å²) in [5.74, 6) is 2.75. The minimum absolute atomic E-state index is 0.881. The summed E-state index contributed by atoms with van der Waals surface area (Å²) >= 11 is 2.13. The summed E-state index contributed by atoms with van der Waals surface area (Å²) < 4.78 is 0. The summed E-state index contributed by atoms with van der Waals surface area (Å²) in [6.45, 7) is 6.60. The standard InChI is InChI=1S/C11H19NS/c1-10-4-6-12(7-5-10)11-3-2-8-13-9-11/h11H,1-9H2. The summed E-state index contributed by atoms with van der Waals surface area (Å²) in [4.78, 5) is 2.68. The lowest BCUT2D eigenvalue weighted by molar-refractivity contribution is 0.187. The third kappa shape index (κ3) is 2.50. The van der Waals surface area contributed by atoms with Gasteiger partial charge < -0.3 is 0 Å². The molecule has 0 saturated carbocycles. The molecule has 2 fully saturated rings. The van der Waals surface area contributed by atoms with Gasteiger partial charge in [-0.25, -0.2) is 0 Å². The molecule has 0 radical (unpaired) electrons. The Hall–Kier alpha value is 0.0500. The Kier molecular flexibility index (Phi) is 3.33. The van der Waals surface area contributed by atoms with E-state index in [4.69, 9.17) is 0 Å². The Bertz CT molecular complexity index is 175. The first-order valence-electron chi connectivity index (χ1n) is 5.35. The van der Waals surface area contributed by atoms with Crippen LogP contribution in [0.2, 0.25) is 0 Å². The van der Waals surface area contributed by atoms with Crippen LogP contribution >= 0.6 is 11.8 Å². The van der Waals surface area contributed by atoms with E-state index in [-0.39, 0.29) is 0 Å². The molecule has 0 spiro atoms. The van der Waals surface area contributed by atoms with Crippen LogP contribution in [0.15, 0.2) is 12.2 Å². The molecule has 1 nitrogen and oxygen atoms in total. The fourth-order valence-corrected chi connectivity index (χ4v) is 3.40. The molecule has 13 heavy (non-hydrogen) atoms. The smallest absolute Gasteiger partial charge is 0.0186 e. The van der Waals surface area contributed by atoms with Gasteiger partial charge >= 0.3 is 0 Å². The van der Waals surface area contributed by atoms with Crippen LogP contribution in [0.5, 0.6) is 0 Å². The lowest BCUT2D eigenvalue weighted by Crippen LogP contribution is -2.42. The average molecular weight is 197 g/mol. The summed E-state index contributed by atoms with van der Waals surface area (Å²) in [5.41, 5.74) is 1.46. The number of thioether (sulfide) groups is 1. The Morgan fingerprint density at radius 3 is 2.69 bits per heavy atom. The molecule has 2 aliphatic rings. The Labute approximate surface area is 85.6 Å². The van der Waals surface area contributed by atoms with Crippen LogP contribution in [0.25, 0.3) is 0 Å². The molecule has 1 unspecified atom stereocenters. The SMILES string of the molecule is C=C1CCN(C2CCCSC2)CC1. The highest BCUT2D eigenvalue weighted by Gasteiger charge is 2.23. The molecule has 0 aromatic heterocycles. The molecule has 2 heteroatoms. The Morgan fingerprint density at radius 2 is 2.08 bits per heavy atom. The quantitative estimate of drug-likeness (QED) is 0.594. The number of rotatable bonds is 1. The van der Waals surface area contributed by atoms with Crippen molar-refractivity contribution in [1.29, 1.82) is 0 Å². The van der Waals surface area contributed by atoms with Crippen molar-refractivity contribution in [3.05, 3.63) is 12.2 Å². The molecular formula is C11H19NS. The number of hydrogen-bond acceptors (Lipinski definition) is 2. The Morgan fingerprint density at radius 1 is 1.31 bits per heavy atom. The van der Waals surface area contributed by atoms with E-state index in [1.54, 1.807) is 0 Å². The summed E-state index contributed by atoms with van der Waals surface area (Å²) in [6.07, 6.45) is 5.33. The second kappa shape index (κ2) is 4.52. The lowest BCUT2D eigenvalue weighted by Gasteiger charge is -2.37. The maximum atomic E-state index is 4.06. The number of nitrogens with zero attached hydrogens (tertiary/aromatic N) is 1. The molecular weight excluding hydrogens is 178 g/mol. The van der Waals surface area contributed by atoms with E-state index in [1.165, 1.54) is 55.9 Å². The maximum absolute atomic E-state index is 4.06. The predicted molar refractivity (Wildman–Crippen MR) is 60.3 cm³/mol. The van der Waals surface area contributed by atoms with E-state index in [0.717, 1.165) is 6.04 Å². The molecule has 74 valence electrons. The van der Waals surface area contributed by atoms with Gasteiger partial charge in [0.1, 0.15) is 0 Å².